The van der Waals surface area contributed by atoms with Crippen LogP contribution in [0.4, 0.5) is 5.69 Å². The lowest BCUT2D eigenvalue weighted by Gasteiger charge is -2.15. The van der Waals surface area contributed by atoms with Gasteiger partial charge in [-0.05, 0) is 18.6 Å². The van der Waals surface area contributed by atoms with Gasteiger partial charge in [0, 0.05) is 36.7 Å². The molecule has 2 heterocycles. The molecule has 0 spiro atoms. The number of aromatic nitrogens is 2. The summed E-state index contributed by atoms with van der Waals surface area (Å²) in [5.41, 5.74) is 1.96. The van der Waals surface area contributed by atoms with E-state index in [1.807, 2.05) is 24.3 Å². The SMILES string of the molecule is O=C(Nc1cccc(C2=NCCCN2)c1)c1cnccn1. The molecule has 2 aromatic rings. The van der Waals surface area contributed by atoms with Crippen molar-refractivity contribution >= 4 is 17.4 Å². The molecule has 0 saturated carbocycles. The standard InChI is InChI=1S/C15H15N5O/c21-15(13-10-16-7-8-17-13)20-12-4-1-3-11(9-12)14-18-5-2-6-19-14/h1,3-4,7-10H,2,5-6H2,(H,18,19)(H,20,21). The Morgan fingerprint density at radius 3 is 3.00 bits per heavy atom. The molecule has 1 aliphatic rings. The molecule has 6 nitrogen and oxygen atoms in total. The summed E-state index contributed by atoms with van der Waals surface area (Å²) in [6.07, 6.45) is 5.51. The van der Waals surface area contributed by atoms with Crippen molar-refractivity contribution in [3.8, 4) is 0 Å². The Kier molecular flexibility index (Phi) is 3.86. The molecule has 0 radical (unpaired) electrons. The summed E-state index contributed by atoms with van der Waals surface area (Å²) in [6, 6.07) is 7.59. The number of benzene rings is 1. The van der Waals surface area contributed by atoms with Crippen LogP contribution in [-0.2, 0) is 0 Å². The number of carbonyl (C=O) groups is 1. The van der Waals surface area contributed by atoms with Gasteiger partial charge in [0.1, 0.15) is 11.5 Å². The molecule has 106 valence electrons. The van der Waals surface area contributed by atoms with E-state index in [0.717, 1.165) is 30.9 Å². The number of aliphatic imine (C=N–C) groups is 1. The van der Waals surface area contributed by atoms with Gasteiger partial charge in [-0.25, -0.2) is 4.98 Å². The maximum atomic E-state index is 12.0. The van der Waals surface area contributed by atoms with Crippen LogP contribution in [0, 0.1) is 0 Å². The predicted octanol–water partition coefficient (Wildman–Crippen LogP) is 1.47. The second-order valence-electron chi connectivity index (χ2n) is 4.64. The first-order valence-electron chi connectivity index (χ1n) is 6.79. The number of hydrogen-bond donors (Lipinski definition) is 2. The van der Waals surface area contributed by atoms with Crippen molar-refractivity contribution in [3.05, 3.63) is 54.1 Å². The minimum Gasteiger partial charge on any atom is -0.370 e. The van der Waals surface area contributed by atoms with E-state index in [1.165, 1.54) is 18.6 Å². The molecule has 21 heavy (non-hydrogen) atoms. The molecule has 6 heteroatoms. The summed E-state index contributed by atoms with van der Waals surface area (Å²) < 4.78 is 0. The van der Waals surface area contributed by atoms with Gasteiger partial charge in [-0.1, -0.05) is 12.1 Å². The van der Waals surface area contributed by atoms with Crippen LogP contribution < -0.4 is 10.6 Å². The van der Waals surface area contributed by atoms with Crippen molar-refractivity contribution in [1.29, 1.82) is 0 Å². The molecule has 0 saturated heterocycles. The summed E-state index contributed by atoms with van der Waals surface area (Å²) in [7, 11) is 0. The molecular weight excluding hydrogens is 266 g/mol. The van der Waals surface area contributed by atoms with E-state index < -0.39 is 0 Å². The van der Waals surface area contributed by atoms with E-state index in [4.69, 9.17) is 0 Å². The summed E-state index contributed by atoms with van der Waals surface area (Å²) in [6.45, 7) is 1.76. The normalized spacial score (nSPS) is 14.0. The summed E-state index contributed by atoms with van der Waals surface area (Å²) >= 11 is 0. The molecule has 0 atom stereocenters. The Labute approximate surface area is 122 Å². The van der Waals surface area contributed by atoms with Gasteiger partial charge in [0.15, 0.2) is 0 Å². The lowest BCUT2D eigenvalue weighted by Crippen LogP contribution is -2.30. The number of rotatable bonds is 3. The molecule has 0 unspecified atom stereocenters. The van der Waals surface area contributed by atoms with Gasteiger partial charge in [-0.15, -0.1) is 0 Å². The largest absolute Gasteiger partial charge is 0.370 e. The highest BCUT2D eigenvalue weighted by atomic mass is 16.1. The summed E-state index contributed by atoms with van der Waals surface area (Å²) in [5, 5.41) is 6.08. The number of amides is 1. The number of amidine groups is 1. The van der Waals surface area contributed by atoms with Crippen molar-refractivity contribution in [3.63, 3.8) is 0 Å². The molecule has 0 aliphatic carbocycles. The highest BCUT2D eigenvalue weighted by Gasteiger charge is 2.10. The first-order chi connectivity index (χ1) is 10.3. The van der Waals surface area contributed by atoms with Crippen LogP contribution >= 0.6 is 0 Å². The molecule has 2 N–H and O–H groups in total. The van der Waals surface area contributed by atoms with Gasteiger partial charge < -0.3 is 10.6 Å². The van der Waals surface area contributed by atoms with Crippen LogP contribution in [0.1, 0.15) is 22.5 Å². The molecule has 0 bridgehead atoms. The zero-order valence-electron chi connectivity index (χ0n) is 11.4. The van der Waals surface area contributed by atoms with Crippen LogP contribution in [0.25, 0.3) is 0 Å². The second kappa shape index (κ2) is 6.13. The zero-order valence-corrected chi connectivity index (χ0v) is 11.4. The molecule has 1 aromatic heterocycles. The quantitative estimate of drug-likeness (QED) is 0.893. The van der Waals surface area contributed by atoms with Gasteiger partial charge in [-0.3, -0.25) is 14.8 Å². The number of hydrogen-bond acceptors (Lipinski definition) is 5. The van der Waals surface area contributed by atoms with Crippen molar-refractivity contribution in [2.45, 2.75) is 6.42 Å². The Hall–Kier alpha value is -2.76. The second-order valence-corrected chi connectivity index (χ2v) is 4.64. The van der Waals surface area contributed by atoms with Crippen LogP contribution in [0.2, 0.25) is 0 Å². The summed E-state index contributed by atoms with van der Waals surface area (Å²) in [5.74, 6) is 0.593. The van der Waals surface area contributed by atoms with Gasteiger partial charge in [0.2, 0.25) is 0 Å². The maximum Gasteiger partial charge on any atom is 0.275 e. The summed E-state index contributed by atoms with van der Waals surface area (Å²) in [4.78, 5) is 24.4. The lowest BCUT2D eigenvalue weighted by molar-refractivity contribution is 0.102. The lowest BCUT2D eigenvalue weighted by atomic mass is 10.1. The van der Waals surface area contributed by atoms with Crippen LogP contribution in [-0.4, -0.2) is 34.8 Å². The Morgan fingerprint density at radius 2 is 2.24 bits per heavy atom. The molecule has 1 aliphatic heterocycles. The van der Waals surface area contributed by atoms with Gasteiger partial charge >= 0.3 is 0 Å². The number of nitrogens with zero attached hydrogens (tertiary/aromatic N) is 3. The predicted molar refractivity (Wildman–Crippen MR) is 80.5 cm³/mol. The third-order valence-electron chi connectivity index (χ3n) is 3.09. The van der Waals surface area contributed by atoms with Crippen molar-refractivity contribution in [2.75, 3.05) is 18.4 Å². The Balaban J connectivity index is 1.77. The zero-order chi connectivity index (χ0) is 14.5. The van der Waals surface area contributed by atoms with Crippen molar-refractivity contribution in [1.82, 2.24) is 15.3 Å². The fourth-order valence-corrected chi connectivity index (χ4v) is 2.08. The molecule has 1 amide bonds. The molecule has 3 rings (SSSR count). The molecule has 0 fully saturated rings. The van der Waals surface area contributed by atoms with E-state index in [2.05, 4.69) is 25.6 Å². The van der Waals surface area contributed by atoms with Gasteiger partial charge in [-0.2, -0.15) is 0 Å². The van der Waals surface area contributed by atoms with E-state index in [1.54, 1.807) is 0 Å². The minimum atomic E-state index is -0.279. The topological polar surface area (TPSA) is 79.3 Å². The van der Waals surface area contributed by atoms with E-state index >= 15 is 0 Å². The fourth-order valence-electron chi connectivity index (χ4n) is 2.08. The number of nitrogens with one attached hydrogen (secondary N) is 2. The minimum absolute atomic E-state index is 0.279. The monoisotopic (exact) mass is 281 g/mol. The Morgan fingerprint density at radius 1 is 1.29 bits per heavy atom. The molecular formula is C15H15N5O. The van der Waals surface area contributed by atoms with Gasteiger partial charge in [0.25, 0.3) is 5.91 Å². The van der Waals surface area contributed by atoms with Crippen LogP contribution in [0.5, 0.6) is 0 Å². The smallest absolute Gasteiger partial charge is 0.275 e. The highest BCUT2D eigenvalue weighted by molar-refractivity contribution is 6.04. The van der Waals surface area contributed by atoms with E-state index in [0.29, 0.717) is 5.69 Å². The average Bonchev–Trinajstić information content (AvgIpc) is 2.57. The maximum absolute atomic E-state index is 12.0. The first kappa shape index (κ1) is 13.2. The van der Waals surface area contributed by atoms with E-state index in [9.17, 15) is 4.79 Å². The van der Waals surface area contributed by atoms with Crippen molar-refractivity contribution in [2.24, 2.45) is 4.99 Å². The third-order valence-corrected chi connectivity index (χ3v) is 3.09. The average molecular weight is 281 g/mol. The fraction of sp³-hybridized carbons (Fsp3) is 0.200. The van der Waals surface area contributed by atoms with Crippen molar-refractivity contribution < 1.29 is 4.79 Å². The van der Waals surface area contributed by atoms with Crippen LogP contribution in [0.15, 0.2) is 47.8 Å². The van der Waals surface area contributed by atoms with Crippen LogP contribution in [0.3, 0.4) is 0 Å². The first-order valence-corrected chi connectivity index (χ1v) is 6.79. The highest BCUT2D eigenvalue weighted by Crippen LogP contribution is 2.13. The molecule has 1 aromatic carbocycles. The third kappa shape index (κ3) is 3.22. The van der Waals surface area contributed by atoms with E-state index in [-0.39, 0.29) is 11.6 Å². The number of anilines is 1. The Bertz CT molecular complexity index is 669. The van der Waals surface area contributed by atoms with Gasteiger partial charge in [0.05, 0.1) is 6.20 Å². The number of carbonyl (C=O) groups excluding carboxylic acids is 1.